The third kappa shape index (κ3) is 28.4. The number of carbonyl (C=O) groups is 8. The van der Waals surface area contributed by atoms with Crippen LogP contribution in [-0.4, -0.2) is 116 Å². The monoisotopic (exact) mass is 997 g/mol. The van der Waals surface area contributed by atoms with Gasteiger partial charge in [0.05, 0.1) is 38.7 Å². The molecule has 23 nitrogen and oxygen atoms in total. The summed E-state index contributed by atoms with van der Waals surface area (Å²) < 4.78 is 18.7. The molecule has 0 bridgehead atoms. The SMILES string of the molecule is CCOC(=O)CNC(=O)NCc1cccc2ccccc12.CCOC(=O)CNC(=O)NCc1ccccn1.CCOC(=O)CNC(=O)NCc1cccnc1.CCOC(=O)CNC(=O)NCc1ccncc1. The van der Waals surface area contributed by atoms with Crippen LogP contribution < -0.4 is 42.5 Å². The molecule has 0 spiro atoms. The topological polar surface area (TPSA) is 308 Å². The van der Waals surface area contributed by atoms with Crippen LogP contribution in [0.5, 0.6) is 0 Å². The van der Waals surface area contributed by atoms with Gasteiger partial charge in [-0.15, -0.1) is 0 Å². The molecule has 0 radical (unpaired) electrons. The van der Waals surface area contributed by atoms with Crippen LogP contribution >= 0.6 is 0 Å². The molecular weight excluding hydrogens is 935 g/mol. The summed E-state index contributed by atoms with van der Waals surface area (Å²) in [6.07, 6.45) is 8.25. The number of amides is 8. The van der Waals surface area contributed by atoms with Crippen molar-refractivity contribution in [2.24, 2.45) is 0 Å². The summed E-state index contributed by atoms with van der Waals surface area (Å²) in [5.74, 6) is -1.81. The van der Waals surface area contributed by atoms with Gasteiger partial charge in [-0.2, -0.15) is 0 Å². The number of aromatic nitrogens is 3. The van der Waals surface area contributed by atoms with E-state index >= 15 is 0 Å². The van der Waals surface area contributed by atoms with Crippen molar-refractivity contribution in [2.75, 3.05) is 52.6 Å². The third-order valence-corrected chi connectivity index (χ3v) is 8.65. The lowest BCUT2D eigenvalue weighted by Gasteiger charge is -2.09. The number of fused-ring (bicyclic) bond motifs is 1. The van der Waals surface area contributed by atoms with E-state index in [1.807, 2.05) is 54.6 Å². The number of ether oxygens (including phenoxy) is 4. The number of urea groups is 4. The maximum Gasteiger partial charge on any atom is 0.325 e. The summed E-state index contributed by atoms with van der Waals surface area (Å²) in [5, 5.41) is 22.4. The first-order valence-electron chi connectivity index (χ1n) is 22.7. The van der Waals surface area contributed by atoms with Gasteiger partial charge in [0.1, 0.15) is 26.2 Å². The second kappa shape index (κ2) is 37.1. The van der Waals surface area contributed by atoms with E-state index in [4.69, 9.17) is 4.74 Å². The van der Waals surface area contributed by atoms with Crippen LogP contribution in [0.25, 0.3) is 10.8 Å². The Morgan fingerprint density at radius 1 is 0.403 bits per heavy atom. The third-order valence-electron chi connectivity index (χ3n) is 8.65. The Morgan fingerprint density at radius 3 is 1.33 bits per heavy atom. The van der Waals surface area contributed by atoms with Crippen molar-refractivity contribution in [1.29, 1.82) is 0 Å². The maximum atomic E-state index is 11.6. The molecule has 3 aromatic heterocycles. The van der Waals surface area contributed by atoms with Gasteiger partial charge in [0, 0.05) is 50.6 Å². The zero-order valence-corrected chi connectivity index (χ0v) is 40.7. The van der Waals surface area contributed by atoms with E-state index in [-0.39, 0.29) is 26.2 Å². The predicted octanol–water partition coefficient (Wildman–Crippen LogP) is 3.53. The highest BCUT2D eigenvalue weighted by atomic mass is 16.5. The number of benzene rings is 2. The molecule has 0 saturated carbocycles. The number of hydrogen-bond acceptors (Lipinski definition) is 15. The van der Waals surface area contributed by atoms with Crippen LogP contribution in [0.15, 0.2) is 116 Å². The number of hydrogen-bond donors (Lipinski definition) is 8. The molecule has 2 aromatic carbocycles. The lowest BCUT2D eigenvalue weighted by atomic mass is 10.0. The molecule has 0 aliphatic heterocycles. The van der Waals surface area contributed by atoms with Crippen molar-refractivity contribution >= 4 is 58.8 Å². The second-order valence-corrected chi connectivity index (χ2v) is 14.0. The van der Waals surface area contributed by atoms with Crippen molar-refractivity contribution in [2.45, 2.75) is 53.9 Å². The molecule has 5 aromatic rings. The highest BCUT2D eigenvalue weighted by Gasteiger charge is 2.09. The van der Waals surface area contributed by atoms with Crippen LogP contribution in [0.4, 0.5) is 19.2 Å². The molecule has 72 heavy (non-hydrogen) atoms. The maximum absolute atomic E-state index is 11.6. The fraction of sp³-hybridized carbons (Fsp3) is 0.327. The summed E-state index contributed by atoms with van der Waals surface area (Å²) >= 11 is 0. The summed E-state index contributed by atoms with van der Waals surface area (Å²) in [5.41, 5.74) is 3.60. The predicted molar refractivity (Wildman–Crippen MR) is 264 cm³/mol. The summed E-state index contributed by atoms with van der Waals surface area (Å²) in [6.45, 7) is 9.00. The molecule has 0 unspecified atom stereocenters. The average molecular weight is 998 g/mol. The highest BCUT2D eigenvalue weighted by molar-refractivity contribution is 5.87. The van der Waals surface area contributed by atoms with Crippen LogP contribution in [0.3, 0.4) is 0 Å². The molecule has 8 N–H and O–H groups in total. The second-order valence-electron chi connectivity index (χ2n) is 14.0. The fourth-order valence-electron chi connectivity index (χ4n) is 5.37. The van der Waals surface area contributed by atoms with E-state index in [2.05, 4.69) is 71.7 Å². The van der Waals surface area contributed by atoms with Crippen molar-refractivity contribution in [3.05, 3.63) is 138 Å². The molecule has 8 amide bonds. The van der Waals surface area contributed by atoms with Crippen LogP contribution in [0.2, 0.25) is 0 Å². The number of rotatable bonds is 20. The van der Waals surface area contributed by atoms with E-state index in [1.54, 1.807) is 89.0 Å². The molecule has 386 valence electrons. The minimum Gasteiger partial charge on any atom is -0.465 e. The number of esters is 4. The molecule has 5 rings (SSSR count). The number of carbonyl (C=O) groups excluding carboxylic acids is 8. The van der Waals surface area contributed by atoms with Gasteiger partial charge < -0.3 is 61.5 Å². The molecule has 0 aliphatic rings. The first kappa shape index (κ1) is 59.2. The number of pyridine rings is 3. The zero-order valence-electron chi connectivity index (χ0n) is 40.7. The van der Waals surface area contributed by atoms with E-state index in [0.717, 1.165) is 33.2 Å². The number of nitrogens with one attached hydrogen (secondary N) is 8. The van der Waals surface area contributed by atoms with Gasteiger partial charge in [-0.25, -0.2) is 19.2 Å². The van der Waals surface area contributed by atoms with Gasteiger partial charge >= 0.3 is 48.0 Å². The Labute approximate surface area is 417 Å². The van der Waals surface area contributed by atoms with Gasteiger partial charge in [-0.05, 0) is 85.5 Å². The molecule has 0 aliphatic carbocycles. The molecule has 23 heteroatoms. The van der Waals surface area contributed by atoms with Gasteiger partial charge in [0.25, 0.3) is 0 Å². The van der Waals surface area contributed by atoms with Crippen LogP contribution in [0, 0.1) is 0 Å². The Morgan fingerprint density at radius 2 is 0.861 bits per heavy atom. The summed E-state index contributed by atoms with van der Waals surface area (Å²) in [6, 6.07) is 24.9. The van der Waals surface area contributed by atoms with Gasteiger partial charge in [0.2, 0.25) is 0 Å². The molecule has 0 atom stereocenters. The molecular formula is C49H63N11O12. The Hall–Kier alpha value is -8.89. The Bertz CT molecular complexity index is 2220. The largest absolute Gasteiger partial charge is 0.465 e. The van der Waals surface area contributed by atoms with Crippen molar-refractivity contribution in [1.82, 2.24) is 57.5 Å². The van der Waals surface area contributed by atoms with Crippen LogP contribution in [-0.2, 0) is 64.3 Å². The normalized spacial score (nSPS) is 9.67. The van der Waals surface area contributed by atoms with E-state index < -0.39 is 48.0 Å². The average Bonchev–Trinajstić information content (AvgIpc) is 3.40. The highest BCUT2D eigenvalue weighted by Crippen LogP contribution is 2.18. The molecule has 3 heterocycles. The Balaban J connectivity index is 0.000000331. The lowest BCUT2D eigenvalue weighted by molar-refractivity contribution is -0.142. The van der Waals surface area contributed by atoms with E-state index in [9.17, 15) is 38.4 Å². The van der Waals surface area contributed by atoms with Crippen LogP contribution in [0.1, 0.15) is 50.1 Å². The fourth-order valence-corrected chi connectivity index (χ4v) is 5.37. The molecule has 0 fully saturated rings. The number of nitrogens with zero attached hydrogens (tertiary/aromatic N) is 3. The standard InChI is InChI=1S/C16H18N2O3.3C11H15N3O3/c1-2-21-15(19)11-18-16(20)17-10-13-8-5-7-12-6-3-4-9-14(12)13;1-2-17-10(15)8-14-11(16)13-7-9-3-5-12-6-4-9;1-2-17-10(15)8-14-11(16)13-7-9-4-3-5-12-6-9;1-2-17-10(15)8-14-11(16)13-7-9-5-3-4-6-12-9/h3-9H,2,10-11H2,1H3,(H2,17,18,20);3*3-6H,2,7-8H2,1H3,(H2,13,14,16). The zero-order chi connectivity index (χ0) is 52.6. The smallest absolute Gasteiger partial charge is 0.325 e. The van der Waals surface area contributed by atoms with Crippen molar-refractivity contribution < 1.29 is 57.3 Å². The summed E-state index contributed by atoms with van der Waals surface area (Å²) in [4.78, 5) is 101. The lowest BCUT2D eigenvalue weighted by Crippen LogP contribution is -2.38. The van der Waals surface area contributed by atoms with Crippen molar-refractivity contribution in [3.63, 3.8) is 0 Å². The van der Waals surface area contributed by atoms with Gasteiger partial charge in [0.15, 0.2) is 0 Å². The summed E-state index contributed by atoms with van der Waals surface area (Å²) in [7, 11) is 0. The first-order valence-corrected chi connectivity index (χ1v) is 22.7. The van der Waals surface area contributed by atoms with E-state index in [0.29, 0.717) is 52.6 Å². The van der Waals surface area contributed by atoms with Crippen molar-refractivity contribution in [3.8, 4) is 0 Å². The Kier molecular flexibility index (Phi) is 30.5. The minimum atomic E-state index is -0.458. The van der Waals surface area contributed by atoms with Gasteiger partial charge in [-0.1, -0.05) is 54.6 Å². The van der Waals surface area contributed by atoms with E-state index in [1.165, 1.54) is 0 Å². The molecule has 0 saturated heterocycles. The first-order chi connectivity index (χ1) is 34.9. The quantitative estimate of drug-likeness (QED) is 0.0409. The van der Waals surface area contributed by atoms with Gasteiger partial charge in [-0.3, -0.25) is 34.1 Å². The minimum absolute atomic E-state index is 0.129.